The molecule has 92 valence electrons. The molecule has 3 nitrogen and oxygen atoms in total. The van der Waals surface area contributed by atoms with Gasteiger partial charge in [0.2, 0.25) is 0 Å². The summed E-state index contributed by atoms with van der Waals surface area (Å²) in [6.45, 7) is 7.45. The minimum absolute atomic E-state index is 0.328. The van der Waals surface area contributed by atoms with E-state index in [1.54, 1.807) is 0 Å². The molecule has 1 aromatic heterocycles. The SMILES string of the molecule is CCc1cc(CC)n(CCCCC(C)N)n1. The van der Waals surface area contributed by atoms with Crippen molar-refractivity contribution < 1.29 is 0 Å². The van der Waals surface area contributed by atoms with Gasteiger partial charge in [-0.1, -0.05) is 20.3 Å². The Balaban J connectivity index is 2.43. The first-order valence-corrected chi connectivity index (χ1v) is 6.48. The van der Waals surface area contributed by atoms with Crippen LogP contribution in [0.3, 0.4) is 0 Å². The normalized spacial score (nSPS) is 13.0. The fourth-order valence-electron chi connectivity index (χ4n) is 1.89. The Bertz CT molecular complexity index is 302. The minimum atomic E-state index is 0.328. The lowest BCUT2D eigenvalue weighted by molar-refractivity contribution is 0.506. The third kappa shape index (κ3) is 3.97. The van der Waals surface area contributed by atoms with Crippen molar-refractivity contribution >= 4 is 0 Å². The number of aromatic nitrogens is 2. The molecular weight excluding hydrogens is 198 g/mol. The van der Waals surface area contributed by atoms with Crippen LogP contribution in [0.25, 0.3) is 0 Å². The first kappa shape index (κ1) is 13.2. The van der Waals surface area contributed by atoms with E-state index in [-0.39, 0.29) is 0 Å². The highest BCUT2D eigenvalue weighted by Gasteiger charge is 2.04. The van der Waals surface area contributed by atoms with Crippen molar-refractivity contribution in [3.8, 4) is 0 Å². The summed E-state index contributed by atoms with van der Waals surface area (Å²) < 4.78 is 2.17. The Morgan fingerprint density at radius 3 is 2.62 bits per heavy atom. The predicted octanol–water partition coefficient (Wildman–Crippen LogP) is 2.53. The van der Waals surface area contributed by atoms with Crippen LogP contribution in [0, 0.1) is 0 Å². The van der Waals surface area contributed by atoms with Crippen LogP contribution < -0.4 is 5.73 Å². The summed E-state index contributed by atoms with van der Waals surface area (Å²) in [6, 6.07) is 2.56. The number of hydrogen-bond acceptors (Lipinski definition) is 2. The molecule has 0 aliphatic rings. The summed E-state index contributed by atoms with van der Waals surface area (Å²) in [7, 11) is 0. The molecule has 1 heterocycles. The van der Waals surface area contributed by atoms with E-state index in [0.717, 1.165) is 25.8 Å². The van der Waals surface area contributed by atoms with Gasteiger partial charge in [0, 0.05) is 18.3 Å². The summed E-state index contributed by atoms with van der Waals surface area (Å²) in [6.07, 6.45) is 5.59. The Morgan fingerprint density at radius 2 is 2.06 bits per heavy atom. The van der Waals surface area contributed by atoms with Crippen LogP contribution in [-0.4, -0.2) is 15.8 Å². The third-order valence-corrected chi connectivity index (χ3v) is 2.92. The van der Waals surface area contributed by atoms with E-state index in [1.807, 2.05) is 0 Å². The maximum absolute atomic E-state index is 5.73. The molecule has 0 saturated heterocycles. The van der Waals surface area contributed by atoms with Gasteiger partial charge in [0.25, 0.3) is 0 Å². The fourth-order valence-corrected chi connectivity index (χ4v) is 1.89. The molecular formula is C13H25N3. The van der Waals surface area contributed by atoms with Crippen LogP contribution in [0.4, 0.5) is 0 Å². The average molecular weight is 223 g/mol. The molecule has 1 atom stereocenters. The molecule has 0 saturated carbocycles. The Kier molecular flexibility index (Phi) is 5.53. The van der Waals surface area contributed by atoms with Crippen molar-refractivity contribution in [1.29, 1.82) is 0 Å². The third-order valence-electron chi connectivity index (χ3n) is 2.92. The van der Waals surface area contributed by atoms with Crippen molar-refractivity contribution in [1.82, 2.24) is 9.78 Å². The van der Waals surface area contributed by atoms with Crippen LogP contribution in [0.2, 0.25) is 0 Å². The molecule has 1 aromatic rings. The van der Waals surface area contributed by atoms with Crippen LogP contribution in [0.1, 0.15) is 51.4 Å². The maximum Gasteiger partial charge on any atom is 0.0624 e. The summed E-state index contributed by atoms with van der Waals surface area (Å²) in [5, 5.41) is 4.60. The highest BCUT2D eigenvalue weighted by atomic mass is 15.3. The van der Waals surface area contributed by atoms with E-state index < -0.39 is 0 Å². The fraction of sp³-hybridized carbons (Fsp3) is 0.769. The van der Waals surface area contributed by atoms with Gasteiger partial charge in [-0.05, 0) is 38.7 Å². The van der Waals surface area contributed by atoms with Crippen molar-refractivity contribution in [2.75, 3.05) is 0 Å². The van der Waals surface area contributed by atoms with Crippen molar-refractivity contribution in [2.45, 2.75) is 65.5 Å². The van der Waals surface area contributed by atoms with Gasteiger partial charge < -0.3 is 5.73 Å². The molecule has 0 aliphatic carbocycles. The number of aryl methyl sites for hydroxylation is 3. The Morgan fingerprint density at radius 1 is 1.31 bits per heavy atom. The standard InChI is InChI=1S/C13H25N3/c1-4-12-10-13(5-2)16(15-12)9-7-6-8-11(3)14/h10-11H,4-9,14H2,1-3H3. The van der Waals surface area contributed by atoms with Crippen LogP contribution >= 0.6 is 0 Å². The summed E-state index contributed by atoms with van der Waals surface area (Å²) in [4.78, 5) is 0. The van der Waals surface area contributed by atoms with Crippen molar-refractivity contribution in [3.05, 3.63) is 17.5 Å². The molecule has 0 aliphatic heterocycles. The van der Waals surface area contributed by atoms with Gasteiger partial charge in [0.1, 0.15) is 0 Å². The minimum Gasteiger partial charge on any atom is -0.328 e. The van der Waals surface area contributed by atoms with Crippen molar-refractivity contribution in [3.63, 3.8) is 0 Å². The lowest BCUT2D eigenvalue weighted by Crippen LogP contribution is -2.14. The number of unbranched alkanes of at least 4 members (excludes halogenated alkanes) is 1. The number of nitrogens with zero attached hydrogens (tertiary/aromatic N) is 2. The maximum atomic E-state index is 5.73. The molecule has 0 bridgehead atoms. The molecule has 16 heavy (non-hydrogen) atoms. The molecule has 0 fully saturated rings. The molecule has 0 amide bonds. The largest absolute Gasteiger partial charge is 0.328 e. The van der Waals surface area contributed by atoms with E-state index in [0.29, 0.717) is 6.04 Å². The van der Waals surface area contributed by atoms with E-state index in [4.69, 9.17) is 5.73 Å². The molecule has 0 spiro atoms. The molecule has 0 aromatic carbocycles. The molecule has 0 radical (unpaired) electrons. The number of nitrogens with two attached hydrogens (primary N) is 1. The molecule has 3 heteroatoms. The topological polar surface area (TPSA) is 43.8 Å². The zero-order valence-electron chi connectivity index (χ0n) is 10.9. The molecule has 1 unspecified atom stereocenters. The van der Waals surface area contributed by atoms with Gasteiger partial charge in [-0.2, -0.15) is 5.10 Å². The zero-order valence-corrected chi connectivity index (χ0v) is 10.9. The number of rotatable bonds is 7. The predicted molar refractivity (Wildman–Crippen MR) is 68.5 cm³/mol. The van der Waals surface area contributed by atoms with E-state index in [9.17, 15) is 0 Å². The quantitative estimate of drug-likeness (QED) is 0.722. The zero-order chi connectivity index (χ0) is 12.0. The highest BCUT2D eigenvalue weighted by molar-refractivity contribution is 5.10. The first-order chi connectivity index (χ1) is 7.67. The molecule has 1 rings (SSSR count). The monoisotopic (exact) mass is 223 g/mol. The van der Waals surface area contributed by atoms with Crippen LogP contribution in [0.5, 0.6) is 0 Å². The van der Waals surface area contributed by atoms with Crippen LogP contribution in [-0.2, 0) is 19.4 Å². The second-order valence-corrected chi connectivity index (χ2v) is 4.53. The first-order valence-electron chi connectivity index (χ1n) is 6.48. The van der Waals surface area contributed by atoms with Crippen molar-refractivity contribution in [2.24, 2.45) is 5.73 Å². The highest BCUT2D eigenvalue weighted by Crippen LogP contribution is 2.09. The summed E-state index contributed by atoms with van der Waals surface area (Å²) in [5.41, 5.74) is 8.30. The van der Waals surface area contributed by atoms with Gasteiger partial charge >= 0.3 is 0 Å². The lowest BCUT2D eigenvalue weighted by atomic mass is 10.1. The van der Waals surface area contributed by atoms with E-state index in [2.05, 4.69) is 36.6 Å². The molecule has 2 N–H and O–H groups in total. The van der Waals surface area contributed by atoms with Gasteiger partial charge in [-0.15, -0.1) is 0 Å². The average Bonchev–Trinajstić information content (AvgIpc) is 2.66. The second-order valence-electron chi connectivity index (χ2n) is 4.53. The van der Waals surface area contributed by atoms with Gasteiger partial charge in [-0.3, -0.25) is 4.68 Å². The Hall–Kier alpha value is -0.830. The van der Waals surface area contributed by atoms with E-state index >= 15 is 0 Å². The summed E-state index contributed by atoms with van der Waals surface area (Å²) >= 11 is 0. The van der Waals surface area contributed by atoms with Gasteiger partial charge in [0.15, 0.2) is 0 Å². The lowest BCUT2D eigenvalue weighted by Gasteiger charge is -2.07. The summed E-state index contributed by atoms with van der Waals surface area (Å²) in [5.74, 6) is 0. The van der Waals surface area contributed by atoms with E-state index in [1.165, 1.54) is 24.2 Å². The van der Waals surface area contributed by atoms with Gasteiger partial charge in [0.05, 0.1) is 5.69 Å². The van der Waals surface area contributed by atoms with Crippen LogP contribution in [0.15, 0.2) is 6.07 Å². The second kappa shape index (κ2) is 6.69. The van der Waals surface area contributed by atoms with Gasteiger partial charge in [-0.25, -0.2) is 0 Å². The number of hydrogen-bond donors (Lipinski definition) is 1. The Labute approximate surface area is 99.0 Å². The smallest absolute Gasteiger partial charge is 0.0624 e.